The van der Waals surface area contributed by atoms with Gasteiger partial charge in [-0.05, 0) is 50.8 Å². The Balaban J connectivity index is 1.80. The Morgan fingerprint density at radius 1 is 1.04 bits per heavy atom. The second kappa shape index (κ2) is 13.0. The third kappa shape index (κ3) is 5.60. The number of hydrogen-bond acceptors (Lipinski definition) is 11. The molecule has 5 rings (SSSR count). The summed E-state index contributed by atoms with van der Waals surface area (Å²) in [6.45, 7) is 14.3. The molecule has 10 atom stereocenters. The van der Waals surface area contributed by atoms with E-state index < -0.39 is 88.3 Å². The van der Waals surface area contributed by atoms with Gasteiger partial charge < -0.3 is 23.7 Å². The predicted octanol–water partition coefficient (Wildman–Crippen LogP) is 4.73. The van der Waals surface area contributed by atoms with Crippen molar-refractivity contribution in [3.63, 3.8) is 0 Å². The summed E-state index contributed by atoms with van der Waals surface area (Å²) in [7, 11) is 0. The van der Waals surface area contributed by atoms with E-state index in [1.165, 1.54) is 19.3 Å². The molecule has 0 N–H and O–H groups in total. The van der Waals surface area contributed by atoms with Crippen LogP contribution in [0.2, 0.25) is 0 Å². The van der Waals surface area contributed by atoms with Crippen LogP contribution in [-0.4, -0.2) is 70.8 Å². The summed E-state index contributed by atoms with van der Waals surface area (Å²) in [6.07, 6.45) is 4.43. The van der Waals surface area contributed by atoms with E-state index in [0.717, 1.165) is 0 Å². The van der Waals surface area contributed by atoms with Gasteiger partial charge in [-0.1, -0.05) is 39.0 Å². The number of Topliss-reactive ketones (excluding diaryl/α,β-unsaturated/α-hetero) is 1. The van der Waals surface area contributed by atoms with E-state index in [1.807, 2.05) is 33.8 Å². The van der Waals surface area contributed by atoms with Crippen molar-refractivity contribution in [3.05, 3.63) is 54.4 Å². The van der Waals surface area contributed by atoms with E-state index in [4.69, 9.17) is 23.7 Å². The van der Waals surface area contributed by atoms with Crippen LogP contribution in [0.15, 0.2) is 48.8 Å². The molecule has 2 bridgehead atoms. The lowest BCUT2D eigenvalue weighted by atomic mass is 9.55. The maximum atomic E-state index is 15.2. The fourth-order valence-electron chi connectivity index (χ4n) is 8.68. The zero-order valence-corrected chi connectivity index (χ0v) is 28.0. The van der Waals surface area contributed by atoms with E-state index in [2.05, 4.69) is 11.6 Å². The van der Waals surface area contributed by atoms with Crippen molar-refractivity contribution in [2.45, 2.75) is 103 Å². The Hall–Kier alpha value is -3.86. The summed E-state index contributed by atoms with van der Waals surface area (Å²) >= 11 is 0. The van der Waals surface area contributed by atoms with E-state index in [9.17, 15) is 19.2 Å². The van der Waals surface area contributed by atoms with Gasteiger partial charge in [0.15, 0.2) is 5.60 Å². The number of ketones is 1. The molecule has 2 saturated carbocycles. The summed E-state index contributed by atoms with van der Waals surface area (Å²) in [5.74, 6) is -5.77. The van der Waals surface area contributed by atoms with E-state index in [1.54, 1.807) is 25.1 Å². The molecule has 254 valence electrons. The standard InChI is InChI=1S/C36H45NO10/c1-8-11-26(39)45-29-21(5)17-36(47-22(6)38)28(29)31(46-27(40)12-9-2)35-19-43-34(7,33(36)42)30(35)24(20(3)4)14-15-25(35)44-32(41)23-13-10-16-37-18-23/h10,13-16,18,21,24-25,28-31H,3,8-9,11-12,17,19H2,1-2,4-7H3/t21-,24+,25+,28+,29-,30-,31+,34+,35+,36+/m0/s1. The number of nitrogens with zero attached hydrogens (tertiary/aromatic N) is 1. The molecule has 2 heterocycles. The van der Waals surface area contributed by atoms with Crippen molar-refractivity contribution in [2.75, 3.05) is 6.61 Å². The first kappa shape index (κ1) is 34.5. The molecule has 0 amide bonds. The van der Waals surface area contributed by atoms with Gasteiger partial charge in [0.05, 0.1) is 23.5 Å². The van der Waals surface area contributed by atoms with Crippen molar-refractivity contribution < 1.29 is 47.7 Å². The lowest BCUT2D eigenvalue weighted by Gasteiger charge is -2.51. The quantitative estimate of drug-likeness (QED) is 0.197. The van der Waals surface area contributed by atoms with Crippen molar-refractivity contribution in [1.82, 2.24) is 4.98 Å². The highest BCUT2D eigenvalue weighted by molar-refractivity contribution is 5.98. The molecule has 1 aromatic rings. The topological polar surface area (TPSA) is 144 Å². The third-order valence-electron chi connectivity index (χ3n) is 10.4. The SMILES string of the molecule is C=C(C)[C@H]1C=C[C@@H](OC(=O)c2cccnc2)[C@@]23CO[C@@](C)(C(=O)[C@@]4(OC(C)=O)C[C@H](C)[C@H](OC(=O)CCC)[C@@H]4[C@H]2OC(=O)CCC)[C@H]13. The number of fused-ring (bicyclic) bond motifs is 1. The number of carbonyl (C=O) groups is 5. The summed E-state index contributed by atoms with van der Waals surface area (Å²) in [6, 6.07) is 3.19. The fourth-order valence-corrected chi connectivity index (χ4v) is 8.68. The highest BCUT2D eigenvalue weighted by Gasteiger charge is 2.81. The average molecular weight is 652 g/mol. The van der Waals surface area contributed by atoms with Crippen molar-refractivity contribution >= 4 is 29.7 Å². The number of esters is 4. The average Bonchev–Trinajstić information content (AvgIpc) is 3.47. The Morgan fingerprint density at radius 3 is 2.32 bits per heavy atom. The molecule has 11 nitrogen and oxygen atoms in total. The first-order valence-corrected chi connectivity index (χ1v) is 16.5. The highest BCUT2D eigenvalue weighted by atomic mass is 16.6. The monoisotopic (exact) mass is 651 g/mol. The van der Waals surface area contributed by atoms with Crippen LogP contribution in [-0.2, 0) is 42.9 Å². The molecule has 4 aliphatic rings. The van der Waals surface area contributed by atoms with Crippen molar-refractivity contribution in [1.29, 1.82) is 0 Å². The highest BCUT2D eigenvalue weighted by Crippen LogP contribution is 2.67. The normalized spacial score (nSPS) is 36.8. The molecular weight excluding hydrogens is 606 g/mol. The summed E-state index contributed by atoms with van der Waals surface area (Å²) < 4.78 is 31.5. The van der Waals surface area contributed by atoms with Gasteiger partial charge in [-0.3, -0.25) is 24.2 Å². The third-order valence-corrected chi connectivity index (χ3v) is 10.4. The second-order valence-electron chi connectivity index (χ2n) is 13.7. The van der Waals surface area contributed by atoms with Crippen LogP contribution in [0.1, 0.15) is 84.0 Å². The predicted molar refractivity (Wildman–Crippen MR) is 168 cm³/mol. The number of allylic oxidation sites excluding steroid dienone is 2. The summed E-state index contributed by atoms with van der Waals surface area (Å²) in [4.78, 5) is 72.6. The summed E-state index contributed by atoms with van der Waals surface area (Å²) in [5, 5.41) is 0. The Bertz CT molecular complexity index is 1470. The molecule has 1 aromatic heterocycles. The lowest BCUT2D eigenvalue weighted by Crippen LogP contribution is -2.62. The minimum Gasteiger partial charge on any atom is -0.461 e. The van der Waals surface area contributed by atoms with E-state index in [-0.39, 0.29) is 31.4 Å². The van der Waals surface area contributed by atoms with Crippen LogP contribution in [0.4, 0.5) is 0 Å². The van der Waals surface area contributed by atoms with E-state index >= 15 is 4.79 Å². The first-order chi connectivity index (χ1) is 22.3. The maximum absolute atomic E-state index is 15.2. The summed E-state index contributed by atoms with van der Waals surface area (Å²) in [5.41, 5.74) is -3.94. The number of hydrogen-bond donors (Lipinski definition) is 0. The Morgan fingerprint density at radius 2 is 1.72 bits per heavy atom. The molecule has 0 unspecified atom stereocenters. The molecule has 0 radical (unpaired) electrons. The number of ether oxygens (including phenoxy) is 5. The van der Waals surface area contributed by atoms with Crippen LogP contribution in [0, 0.1) is 29.1 Å². The van der Waals surface area contributed by atoms with Gasteiger partial charge in [0, 0.05) is 50.4 Å². The van der Waals surface area contributed by atoms with Gasteiger partial charge in [-0.2, -0.15) is 0 Å². The zero-order chi connectivity index (χ0) is 34.3. The minimum absolute atomic E-state index is 0.00896. The van der Waals surface area contributed by atoms with Crippen LogP contribution in [0.5, 0.6) is 0 Å². The smallest absolute Gasteiger partial charge is 0.340 e. The fraction of sp³-hybridized carbons (Fsp3) is 0.611. The van der Waals surface area contributed by atoms with Crippen LogP contribution < -0.4 is 0 Å². The lowest BCUT2D eigenvalue weighted by molar-refractivity contribution is -0.210. The second-order valence-corrected chi connectivity index (χ2v) is 13.7. The number of aromatic nitrogens is 1. The van der Waals surface area contributed by atoms with Crippen molar-refractivity contribution in [2.24, 2.45) is 29.1 Å². The molecule has 1 aliphatic heterocycles. The van der Waals surface area contributed by atoms with Crippen LogP contribution in [0.25, 0.3) is 0 Å². The zero-order valence-electron chi connectivity index (χ0n) is 28.0. The van der Waals surface area contributed by atoms with Crippen LogP contribution >= 0.6 is 0 Å². The molecule has 0 spiro atoms. The van der Waals surface area contributed by atoms with Gasteiger partial charge in [-0.15, -0.1) is 0 Å². The van der Waals surface area contributed by atoms with Gasteiger partial charge in [0.25, 0.3) is 0 Å². The molecule has 11 heteroatoms. The van der Waals surface area contributed by atoms with Gasteiger partial charge in [-0.25, -0.2) is 4.79 Å². The number of rotatable bonds is 10. The van der Waals surface area contributed by atoms with Gasteiger partial charge >= 0.3 is 23.9 Å². The largest absolute Gasteiger partial charge is 0.461 e. The molecule has 1 saturated heterocycles. The molecule has 47 heavy (non-hydrogen) atoms. The molecule has 3 fully saturated rings. The van der Waals surface area contributed by atoms with E-state index in [0.29, 0.717) is 18.4 Å². The maximum Gasteiger partial charge on any atom is 0.340 e. The minimum atomic E-state index is -1.88. The Kier molecular flexibility index (Phi) is 9.52. The van der Waals surface area contributed by atoms with Gasteiger partial charge in [0.1, 0.15) is 23.9 Å². The molecule has 0 aromatic carbocycles. The van der Waals surface area contributed by atoms with Crippen LogP contribution in [0.3, 0.4) is 0 Å². The number of carbonyl (C=O) groups excluding carboxylic acids is 5. The van der Waals surface area contributed by atoms with Crippen molar-refractivity contribution in [3.8, 4) is 0 Å². The number of pyridine rings is 1. The Labute approximate surface area is 275 Å². The molecule has 3 aliphatic carbocycles. The first-order valence-electron chi connectivity index (χ1n) is 16.5. The molecular formula is C36H45NO10. The van der Waals surface area contributed by atoms with Gasteiger partial charge in [0.2, 0.25) is 5.78 Å².